The molecule has 0 saturated heterocycles. The van der Waals surface area contributed by atoms with Crippen molar-refractivity contribution in [3.63, 3.8) is 0 Å². The molecule has 0 bridgehead atoms. The molecule has 0 unspecified atom stereocenters. The average Bonchev–Trinajstić information content (AvgIpc) is 2.54. The molecule has 4 nitrogen and oxygen atoms in total. The van der Waals surface area contributed by atoms with E-state index in [0.29, 0.717) is 18.9 Å². The number of aryl methyl sites for hydroxylation is 2. The molecule has 2 aromatic rings. The van der Waals surface area contributed by atoms with Crippen molar-refractivity contribution in [2.24, 2.45) is 0 Å². The minimum Gasteiger partial charge on any atom is -0.299 e. The molecular weight excluding hydrogens is 347 g/mol. The highest BCUT2D eigenvalue weighted by Gasteiger charge is 2.38. The fourth-order valence-electron chi connectivity index (χ4n) is 2.75. The number of carbonyl (C=O) groups is 1. The first-order valence-electron chi connectivity index (χ1n) is 8.08. The summed E-state index contributed by atoms with van der Waals surface area (Å²) in [5, 5.41) is 10.7. The van der Waals surface area contributed by atoms with Crippen molar-refractivity contribution in [3.8, 4) is 0 Å². The molecule has 0 aliphatic carbocycles. The summed E-state index contributed by atoms with van der Waals surface area (Å²) in [7, 11) is 0. The van der Waals surface area contributed by atoms with Crippen molar-refractivity contribution >= 4 is 11.5 Å². The summed E-state index contributed by atoms with van der Waals surface area (Å²) in [6, 6.07) is 10.6. The number of hydrogen-bond acceptors (Lipinski definition) is 3. The van der Waals surface area contributed by atoms with Crippen molar-refractivity contribution in [1.82, 2.24) is 0 Å². The number of halogens is 3. The number of alkyl halides is 3. The number of Topliss-reactive ketones (excluding diaryl/α,β-unsaturated/α-hetero) is 1. The minimum atomic E-state index is -4.84. The van der Waals surface area contributed by atoms with Gasteiger partial charge in [0.05, 0.1) is 4.92 Å². The first-order valence-corrected chi connectivity index (χ1v) is 8.08. The average molecular weight is 365 g/mol. The Kier molecular flexibility index (Phi) is 6.13. The molecule has 0 saturated carbocycles. The summed E-state index contributed by atoms with van der Waals surface area (Å²) in [6.45, 7) is 1.97. The number of rotatable bonds is 7. The van der Waals surface area contributed by atoms with Crippen molar-refractivity contribution in [1.29, 1.82) is 0 Å². The van der Waals surface area contributed by atoms with Crippen LogP contribution < -0.4 is 0 Å². The molecule has 0 N–H and O–H groups in total. The van der Waals surface area contributed by atoms with Crippen LogP contribution in [0.2, 0.25) is 0 Å². The van der Waals surface area contributed by atoms with Gasteiger partial charge in [0.2, 0.25) is 0 Å². The SMILES string of the molecule is Cc1cccc(CCCC(=O)Cc2ccc([N+](=O)[O-])c(C(F)(F)F)c2)c1. The molecule has 0 aliphatic rings. The monoisotopic (exact) mass is 365 g/mol. The number of nitro groups is 1. The number of benzene rings is 2. The van der Waals surface area contributed by atoms with Gasteiger partial charge in [0.25, 0.3) is 5.69 Å². The zero-order chi connectivity index (χ0) is 19.3. The summed E-state index contributed by atoms with van der Waals surface area (Å²) in [4.78, 5) is 21.7. The Morgan fingerprint density at radius 2 is 1.85 bits per heavy atom. The third-order valence-corrected chi connectivity index (χ3v) is 3.97. The van der Waals surface area contributed by atoms with Gasteiger partial charge < -0.3 is 0 Å². The maximum absolute atomic E-state index is 13.0. The molecular formula is C19H18F3NO3. The van der Waals surface area contributed by atoms with Gasteiger partial charge in [0.15, 0.2) is 0 Å². The molecule has 0 amide bonds. The number of ketones is 1. The third-order valence-electron chi connectivity index (χ3n) is 3.97. The fourth-order valence-corrected chi connectivity index (χ4v) is 2.75. The topological polar surface area (TPSA) is 60.2 Å². The predicted octanol–water partition coefficient (Wildman–Crippen LogP) is 5.06. The highest BCUT2D eigenvalue weighted by Crippen LogP contribution is 2.36. The van der Waals surface area contributed by atoms with E-state index in [1.807, 2.05) is 31.2 Å². The molecule has 0 radical (unpaired) electrons. The first-order chi connectivity index (χ1) is 12.2. The van der Waals surface area contributed by atoms with E-state index in [9.17, 15) is 28.1 Å². The summed E-state index contributed by atoms with van der Waals surface area (Å²) >= 11 is 0. The molecule has 0 heterocycles. The number of carbonyl (C=O) groups excluding carboxylic acids is 1. The maximum Gasteiger partial charge on any atom is 0.423 e. The molecule has 2 aromatic carbocycles. The molecule has 7 heteroatoms. The van der Waals surface area contributed by atoms with E-state index >= 15 is 0 Å². The summed E-state index contributed by atoms with van der Waals surface area (Å²) < 4.78 is 38.9. The van der Waals surface area contributed by atoms with Gasteiger partial charge in [-0.2, -0.15) is 13.2 Å². The zero-order valence-corrected chi connectivity index (χ0v) is 14.2. The Bertz CT molecular complexity index is 816. The van der Waals surface area contributed by atoms with Gasteiger partial charge >= 0.3 is 6.18 Å². The van der Waals surface area contributed by atoms with Crippen LogP contribution in [0.3, 0.4) is 0 Å². The summed E-state index contributed by atoms with van der Waals surface area (Å²) in [5.74, 6) is -0.195. The lowest BCUT2D eigenvalue weighted by Gasteiger charge is -2.09. The Labute approximate surface area is 148 Å². The molecule has 0 atom stereocenters. The van der Waals surface area contributed by atoms with Crippen LogP contribution >= 0.6 is 0 Å². The third kappa shape index (κ3) is 5.40. The lowest BCUT2D eigenvalue weighted by atomic mass is 10.00. The smallest absolute Gasteiger partial charge is 0.299 e. The van der Waals surface area contributed by atoms with E-state index in [1.54, 1.807) is 0 Å². The van der Waals surface area contributed by atoms with Crippen molar-refractivity contribution in [2.75, 3.05) is 0 Å². The second-order valence-corrected chi connectivity index (χ2v) is 6.16. The predicted molar refractivity (Wildman–Crippen MR) is 90.9 cm³/mol. The normalized spacial score (nSPS) is 11.4. The van der Waals surface area contributed by atoms with Crippen LogP contribution in [0.15, 0.2) is 42.5 Å². The van der Waals surface area contributed by atoms with E-state index < -0.39 is 22.4 Å². The Hall–Kier alpha value is -2.70. The largest absolute Gasteiger partial charge is 0.423 e. The van der Waals surface area contributed by atoms with Crippen LogP contribution in [0.1, 0.15) is 35.1 Å². The molecule has 0 aromatic heterocycles. The highest BCUT2D eigenvalue weighted by molar-refractivity contribution is 5.81. The Morgan fingerprint density at radius 1 is 1.12 bits per heavy atom. The standard InChI is InChI=1S/C19H18F3NO3/c1-13-4-2-5-14(10-13)6-3-7-16(24)11-15-8-9-18(23(25)26)17(12-15)19(20,21)22/h2,4-5,8-10,12H,3,6-7,11H2,1H3. The Balaban J connectivity index is 1.99. The van der Waals surface area contributed by atoms with Gasteiger partial charge in [0, 0.05) is 18.9 Å². The second kappa shape index (κ2) is 8.12. The minimum absolute atomic E-state index is 0.128. The van der Waals surface area contributed by atoms with Gasteiger partial charge in [-0.1, -0.05) is 35.9 Å². The van der Waals surface area contributed by atoms with Crippen LogP contribution in [0.4, 0.5) is 18.9 Å². The quantitative estimate of drug-likeness (QED) is 0.509. The van der Waals surface area contributed by atoms with Crippen molar-refractivity contribution in [3.05, 3.63) is 74.8 Å². The van der Waals surface area contributed by atoms with E-state index in [0.717, 1.165) is 17.2 Å². The van der Waals surface area contributed by atoms with Crippen molar-refractivity contribution < 1.29 is 22.9 Å². The first kappa shape index (κ1) is 19.6. The number of nitrogens with zero attached hydrogens (tertiary/aromatic N) is 1. The lowest BCUT2D eigenvalue weighted by molar-refractivity contribution is -0.388. The molecule has 2 rings (SSSR count). The van der Waals surface area contributed by atoms with E-state index in [4.69, 9.17) is 0 Å². The van der Waals surface area contributed by atoms with Crippen LogP contribution in [0, 0.1) is 17.0 Å². The van der Waals surface area contributed by atoms with E-state index in [2.05, 4.69) is 0 Å². The molecule has 0 spiro atoms. The van der Waals surface area contributed by atoms with Gasteiger partial charge in [-0.05, 0) is 37.0 Å². The zero-order valence-electron chi connectivity index (χ0n) is 14.2. The van der Waals surface area contributed by atoms with Gasteiger partial charge in [0.1, 0.15) is 11.3 Å². The van der Waals surface area contributed by atoms with Gasteiger partial charge in [-0.3, -0.25) is 14.9 Å². The van der Waals surface area contributed by atoms with Crippen molar-refractivity contribution in [2.45, 2.75) is 38.8 Å². The molecule has 138 valence electrons. The Morgan fingerprint density at radius 3 is 2.46 bits per heavy atom. The highest BCUT2D eigenvalue weighted by atomic mass is 19.4. The van der Waals surface area contributed by atoms with Crippen LogP contribution in [0.5, 0.6) is 0 Å². The molecule has 26 heavy (non-hydrogen) atoms. The van der Waals surface area contributed by atoms with Gasteiger partial charge in [-0.15, -0.1) is 0 Å². The number of hydrogen-bond donors (Lipinski definition) is 0. The second-order valence-electron chi connectivity index (χ2n) is 6.16. The van der Waals surface area contributed by atoms with E-state index in [-0.39, 0.29) is 24.2 Å². The number of nitro benzene ring substituents is 1. The summed E-state index contributed by atoms with van der Waals surface area (Å²) in [6.07, 6.45) is -3.46. The fraction of sp³-hybridized carbons (Fsp3) is 0.316. The van der Waals surface area contributed by atoms with E-state index in [1.165, 1.54) is 6.07 Å². The van der Waals surface area contributed by atoms with Gasteiger partial charge in [-0.25, -0.2) is 0 Å². The lowest BCUT2D eigenvalue weighted by Crippen LogP contribution is -2.11. The van der Waals surface area contributed by atoms with Crippen LogP contribution in [-0.2, 0) is 23.8 Å². The molecule has 0 aliphatic heterocycles. The van der Waals surface area contributed by atoms with Crippen LogP contribution in [0.25, 0.3) is 0 Å². The maximum atomic E-state index is 13.0. The summed E-state index contributed by atoms with van der Waals surface area (Å²) in [5.41, 5.74) is 0.0241. The molecule has 0 fully saturated rings. The van der Waals surface area contributed by atoms with Crippen LogP contribution in [-0.4, -0.2) is 10.7 Å².